The van der Waals surface area contributed by atoms with Gasteiger partial charge in [0.1, 0.15) is 16.3 Å². The third-order valence-corrected chi connectivity index (χ3v) is 7.60. The molecule has 0 unspecified atom stereocenters. The van der Waals surface area contributed by atoms with E-state index in [-0.39, 0.29) is 5.56 Å². The Kier molecular flexibility index (Phi) is 5.18. The van der Waals surface area contributed by atoms with Crippen LogP contribution in [0.5, 0.6) is 0 Å². The number of aliphatic hydroxyl groups is 1. The number of hydrogen-bond acceptors (Lipinski definition) is 4. The van der Waals surface area contributed by atoms with Gasteiger partial charge in [-0.25, -0.2) is 4.98 Å². The summed E-state index contributed by atoms with van der Waals surface area (Å²) in [6, 6.07) is 13.2. The van der Waals surface area contributed by atoms with E-state index in [1.54, 1.807) is 43.7 Å². The molecule has 0 radical (unpaired) electrons. The highest BCUT2D eigenvalue weighted by atomic mass is 35.5. The van der Waals surface area contributed by atoms with Gasteiger partial charge in [0.25, 0.3) is 5.56 Å². The topological polar surface area (TPSA) is 60.1 Å². The molecule has 0 amide bonds. The molecule has 2 aromatic carbocycles. The Bertz CT molecular complexity index is 1620. The van der Waals surface area contributed by atoms with Crippen molar-refractivity contribution in [3.63, 3.8) is 0 Å². The minimum atomic E-state index is -0.989. The highest BCUT2D eigenvalue weighted by Gasteiger charge is 2.22. The summed E-state index contributed by atoms with van der Waals surface area (Å²) in [5.41, 5.74) is 3.61. The number of hydrogen-bond donors (Lipinski definition) is 1. The molecule has 5 aromatic rings. The molecular formula is C25H21Cl2N3O2S. The van der Waals surface area contributed by atoms with Crippen molar-refractivity contribution in [1.82, 2.24) is 14.1 Å². The Morgan fingerprint density at radius 1 is 0.970 bits per heavy atom. The maximum Gasteiger partial charge on any atom is 0.259 e. The van der Waals surface area contributed by atoms with E-state index in [1.165, 1.54) is 11.3 Å². The Balaban J connectivity index is 1.78. The third-order valence-electron chi connectivity index (χ3n) is 5.89. The smallest absolute Gasteiger partial charge is 0.259 e. The fourth-order valence-corrected chi connectivity index (χ4v) is 5.60. The van der Waals surface area contributed by atoms with Gasteiger partial charge in [-0.05, 0) is 44.2 Å². The average molecular weight is 498 g/mol. The molecule has 1 N–H and O–H groups in total. The molecule has 8 heteroatoms. The normalized spacial score (nSPS) is 12.2. The lowest BCUT2D eigenvalue weighted by Crippen LogP contribution is -2.20. The van der Waals surface area contributed by atoms with E-state index in [4.69, 9.17) is 23.2 Å². The summed E-state index contributed by atoms with van der Waals surface area (Å²) in [5, 5.41) is 15.8. The molecule has 0 aliphatic carbocycles. The molecule has 0 spiro atoms. The largest absolute Gasteiger partial charge is 0.383 e. The van der Waals surface area contributed by atoms with E-state index < -0.39 is 5.60 Å². The van der Waals surface area contributed by atoms with Crippen LogP contribution in [-0.4, -0.2) is 19.2 Å². The first-order valence-electron chi connectivity index (χ1n) is 10.3. The minimum absolute atomic E-state index is 0.132. The highest BCUT2D eigenvalue weighted by molar-refractivity contribution is 7.10. The number of halogens is 2. The van der Waals surface area contributed by atoms with E-state index in [1.807, 2.05) is 35.2 Å². The molecule has 5 nitrogen and oxygen atoms in total. The van der Waals surface area contributed by atoms with Gasteiger partial charge in [0, 0.05) is 52.0 Å². The average Bonchev–Trinajstić information content (AvgIpc) is 3.35. The number of benzene rings is 2. The van der Waals surface area contributed by atoms with Gasteiger partial charge >= 0.3 is 0 Å². The number of fused-ring (bicyclic) bond motifs is 3. The highest BCUT2D eigenvalue weighted by Crippen LogP contribution is 2.36. The van der Waals surface area contributed by atoms with Crippen LogP contribution in [-0.2, 0) is 19.7 Å². The van der Waals surface area contributed by atoms with Gasteiger partial charge in [0.2, 0.25) is 0 Å². The first-order chi connectivity index (χ1) is 15.6. The number of thiazole rings is 1. The second-order valence-corrected chi connectivity index (χ2v) is 10.4. The van der Waals surface area contributed by atoms with E-state index in [2.05, 4.69) is 11.1 Å². The van der Waals surface area contributed by atoms with Crippen molar-refractivity contribution < 1.29 is 5.11 Å². The predicted molar refractivity (Wildman–Crippen MR) is 137 cm³/mol. The van der Waals surface area contributed by atoms with Crippen molar-refractivity contribution in [2.45, 2.75) is 19.4 Å². The lowest BCUT2D eigenvalue weighted by atomic mass is 10.0. The van der Waals surface area contributed by atoms with Gasteiger partial charge in [-0.2, -0.15) is 0 Å². The second-order valence-electron chi connectivity index (χ2n) is 8.67. The van der Waals surface area contributed by atoms with Crippen LogP contribution in [0.2, 0.25) is 10.0 Å². The first-order valence-corrected chi connectivity index (χ1v) is 12.0. The fourth-order valence-electron chi connectivity index (χ4n) is 4.24. The van der Waals surface area contributed by atoms with Crippen molar-refractivity contribution in [2.75, 3.05) is 0 Å². The zero-order chi connectivity index (χ0) is 23.7. The second kappa shape index (κ2) is 7.71. The van der Waals surface area contributed by atoms with Gasteiger partial charge in [-0.1, -0.05) is 35.3 Å². The molecule has 0 aliphatic rings. The Morgan fingerprint density at radius 3 is 2.39 bits per heavy atom. The molecule has 3 heterocycles. The lowest BCUT2D eigenvalue weighted by molar-refractivity contribution is 0.0783. The van der Waals surface area contributed by atoms with Crippen LogP contribution in [0.25, 0.3) is 44.3 Å². The molecule has 33 heavy (non-hydrogen) atoms. The molecule has 0 saturated carbocycles. The third kappa shape index (κ3) is 3.58. The number of aromatic nitrogens is 3. The summed E-state index contributed by atoms with van der Waals surface area (Å²) in [6.45, 7) is 3.46. The molecule has 5 rings (SSSR count). The predicted octanol–water partition coefficient (Wildman–Crippen LogP) is 6.35. The van der Waals surface area contributed by atoms with Gasteiger partial charge in [-0.3, -0.25) is 9.36 Å². The van der Waals surface area contributed by atoms with Gasteiger partial charge < -0.3 is 9.67 Å². The van der Waals surface area contributed by atoms with Crippen LogP contribution in [0.1, 0.15) is 18.9 Å². The molecule has 0 aliphatic heterocycles. The Labute approximate surface area is 204 Å². The van der Waals surface area contributed by atoms with Crippen molar-refractivity contribution in [3.8, 4) is 22.4 Å². The van der Waals surface area contributed by atoms with E-state index >= 15 is 0 Å². The number of aryl methyl sites for hydroxylation is 2. The van der Waals surface area contributed by atoms with Gasteiger partial charge in [-0.15, -0.1) is 11.3 Å². The van der Waals surface area contributed by atoms with Crippen molar-refractivity contribution in [2.24, 2.45) is 14.1 Å². The van der Waals surface area contributed by atoms with Crippen molar-refractivity contribution in [3.05, 3.63) is 73.3 Å². The van der Waals surface area contributed by atoms with E-state index in [0.29, 0.717) is 26.2 Å². The summed E-state index contributed by atoms with van der Waals surface area (Å²) in [5.74, 6) is 0. The van der Waals surface area contributed by atoms with Crippen LogP contribution in [0.4, 0.5) is 0 Å². The summed E-state index contributed by atoms with van der Waals surface area (Å²) in [7, 11) is 3.72. The minimum Gasteiger partial charge on any atom is -0.383 e. The van der Waals surface area contributed by atoms with Crippen LogP contribution >= 0.6 is 34.5 Å². The van der Waals surface area contributed by atoms with Gasteiger partial charge in [0.15, 0.2) is 0 Å². The molecular weight excluding hydrogens is 477 g/mol. The summed E-state index contributed by atoms with van der Waals surface area (Å²) in [4.78, 5) is 17.9. The Morgan fingerprint density at radius 2 is 1.73 bits per heavy atom. The van der Waals surface area contributed by atoms with Crippen LogP contribution in [0, 0.1) is 0 Å². The summed E-state index contributed by atoms with van der Waals surface area (Å²) < 4.78 is 3.68. The maximum absolute atomic E-state index is 13.3. The number of pyridine rings is 1. The van der Waals surface area contributed by atoms with Gasteiger partial charge in [0.05, 0.1) is 16.2 Å². The van der Waals surface area contributed by atoms with E-state index in [0.717, 1.165) is 33.2 Å². The van der Waals surface area contributed by atoms with Crippen molar-refractivity contribution >= 4 is 56.5 Å². The molecule has 0 fully saturated rings. The zero-order valence-electron chi connectivity index (χ0n) is 18.5. The summed E-state index contributed by atoms with van der Waals surface area (Å²) >= 11 is 13.9. The van der Waals surface area contributed by atoms with Crippen LogP contribution < -0.4 is 5.56 Å². The van der Waals surface area contributed by atoms with Crippen LogP contribution in [0.15, 0.2) is 52.6 Å². The molecule has 0 saturated heterocycles. The zero-order valence-corrected chi connectivity index (χ0v) is 20.8. The SMILES string of the molecule is Cn1c(=O)c(-c2ccc(Cl)cc2Cl)cc2c3cc(-c4csc(C(C)(C)O)n4)ccc3n(C)c21. The summed E-state index contributed by atoms with van der Waals surface area (Å²) in [6.07, 6.45) is 0. The fraction of sp³-hybridized carbons (Fsp3) is 0.200. The standard InChI is InChI=1S/C25H21Cl2N3O2S/c1-25(2,32)24-28-20(12-33-24)13-5-8-21-16(9-13)17-11-18(15-7-6-14(26)10-19(15)27)23(31)30(4)22(17)29(21)3/h5-12,32H,1-4H3. The molecule has 0 bridgehead atoms. The number of rotatable bonds is 3. The monoisotopic (exact) mass is 497 g/mol. The maximum atomic E-state index is 13.3. The number of nitrogens with zero attached hydrogens (tertiary/aromatic N) is 3. The Hall–Kier alpha value is -2.64. The molecule has 3 aromatic heterocycles. The molecule has 0 atom stereocenters. The molecule has 168 valence electrons. The van der Waals surface area contributed by atoms with Crippen LogP contribution in [0.3, 0.4) is 0 Å². The lowest BCUT2D eigenvalue weighted by Gasteiger charge is -2.12. The van der Waals surface area contributed by atoms with Crippen molar-refractivity contribution in [1.29, 1.82) is 0 Å². The van der Waals surface area contributed by atoms with E-state index in [9.17, 15) is 9.90 Å². The quantitative estimate of drug-likeness (QED) is 0.315. The first kappa shape index (κ1) is 22.2.